The van der Waals surface area contributed by atoms with Crippen LogP contribution < -0.4 is 9.80 Å². The van der Waals surface area contributed by atoms with Gasteiger partial charge in [0.05, 0.1) is 16.5 Å². The van der Waals surface area contributed by atoms with Crippen molar-refractivity contribution in [3.05, 3.63) is 264 Å². The standard InChI is InChI=1S/C64H44N2O/c1-63(2)53-26-13-9-22-46(53)49-35-33-44(38-56(49)63)66(59-29-17-31-61-62(59)52-25-12-16-30-60(52)67-61)45-34-37-51-48-24-11-15-28-55(48)64(58(51)40-45)54-27-14-10-23-47(54)50-36-32-43(39-57(50)64)65(41-18-5-3-6-19-41)42-20-7-4-8-21-42/h3-40H,1-2H3. The van der Waals surface area contributed by atoms with E-state index in [1.165, 1.54) is 66.8 Å². The molecular weight excluding hydrogens is 813 g/mol. The van der Waals surface area contributed by atoms with Gasteiger partial charge in [-0.1, -0.05) is 166 Å². The van der Waals surface area contributed by atoms with Crippen molar-refractivity contribution in [3.63, 3.8) is 0 Å². The lowest BCUT2D eigenvalue weighted by molar-refractivity contribution is 0.660. The summed E-state index contributed by atoms with van der Waals surface area (Å²) in [5.41, 5.74) is 23.2. The Balaban J connectivity index is 1.04. The van der Waals surface area contributed by atoms with Gasteiger partial charge in [0.15, 0.2) is 0 Å². The smallest absolute Gasteiger partial charge is 0.137 e. The number of hydrogen-bond acceptors (Lipinski definition) is 3. The van der Waals surface area contributed by atoms with Crippen molar-refractivity contribution in [3.8, 4) is 33.4 Å². The molecule has 3 aliphatic carbocycles. The number of fused-ring (bicyclic) bond motifs is 16. The van der Waals surface area contributed by atoms with Gasteiger partial charge in [-0.15, -0.1) is 0 Å². The summed E-state index contributed by atoms with van der Waals surface area (Å²) in [5.74, 6) is 0. The average molecular weight is 857 g/mol. The van der Waals surface area contributed by atoms with Gasteiger partial charge in [-0.2, -0.15) is 0 Å². The summed E-state index contributed by atoms with van der Waals surface area (Å²) in [6.45, 7) is 4.73. The summed E-state index contributed by atoms with van der Waals surface area (Å²) >= 11 is 0. The van der Waals surface area contributed by atoms with E-state index in [4.69, 9.17) is 4.42 Å². The minimum Gasteiger partial charge on any atom is -0.456 e. The first kappa shape index (κ1) is 37.9. The van der Waals surface area contributed by atoms with Crippen LogP contribution in [-0.2, 0) is 10.8 Å². The third-order valence-corrected chi connectivity index (χ3v) is 15.0. The maximum atomic E-state index is 6.60. The van der Waals surface area contributed by atoms with Crippen LogP contribution in [-0.4, -0.2) is 0 Å². The minimum atomic E-state index is -0.593. The highest BCUT2D eigenvalue weighted by Gasteiger charge is 2.52. The van der Waals surface area contributed by atoms with Gasteiger partial charge in [0.25, 0.3) is 0 Å². The van der Waals surface area contributed by atoms with E-state index in [-0.39, 0.29) is 5.41 Å². The van der Waals surface area contributed by atoms with Crippen LogP contribution in [0.1, 0.15) is 47.2 Å². The molecule has 11 aromatic rings. The highest BCUT2D eigenvalue weighted by Crippen LogP contribution is 2.64. The molecule has 1 spiro atoms. The number of para-hydroxylation sites is 3. The van der Waals surface area contributed by atoms with Crippen molar-refractivity contribution in [1.82, 2.24) is 0 Å². The Morgan fingerprint density at radius 2 is 0.746 bits per heavy atom. The molecule has 3 heteroatoms. The minimum absolute atomic E-state index is 0.173. The zero-order chi connectivity index (χ0) is 44.4. The fourth-order valence-electron chi connectivity index (χ4n) is 12.2. The summed E-state index contributed by atoms with van der Waals surface area (Å²) in [7, 11) is 0. The van der Waals surface area contributed by atoms with E-state index >= 15 is 0 Å². The van der Waals surface area contributed by atoms with Gasteiger partial charge in [-0.25, -0.2) is 0 Å². The molecule has 14 rings (SSSR count). The monoisotopic (exact) mass is 856 g/mol. The molecule has 1 atom stereocenters. The Kier molecular flexibility index (Phi) is 7.95. The first-order chi connectivity index (χ1) is 33.0. The first-order valence-corrected chi connectivity index (χ1v) is 23.3. The molecule has 1 heterocycles. The van der Waals surface area contributed by atoms with Crippen molar-refractivity contribution in [2.75, 3.05) is 9.80 Å². The molecule has 0 saturated heterocycles. The summed E-state index contributed by atoms with van der Waals surface area (Å²) in [5, 5.41) is 2.20. The van der Waals surface area contributed by atoms with Crippen molar-refractivity contribution in [2.45, 2.75) is 24.7 Å². The topological polar surface area (TPSA) is 19.6 Å². The summed E-state index contributed by atoms with van der Waals surface area (Å²) in [6.07, 6.45) is 0. The molecule has 316 valence electrons. The zero-order valence-electron chi connectivity index (χ0n) is 37.2. The lowest BCUT2D eigenvalue weighted by Gasteiger charge is -2.33. The number of rotatable bonds is 6. The summed E-state index contributed by atoms with van der Waals surface area (Å²) in [6, 6.07) is 85.1. The molecule has 0 saturated carbocycles. The van der Waals surface area contributed by atoms with Gasteiger partial charge in [0, 0.05) is 39.2 Å². The van der Waals surface area contributed by atoms with Gasteiger partial charge < -0.3 is 14.2 Å². The molecule has 0 bridgehead atoms. The van der Waals surface area contributed by atoms with E-state index in [2.05, 4.69) is 254 Å². The van der Waals surface area contributed by atoms with Crippen LogP contribution in [0.4, 0.5) is 34.1 Å². The Labute approximate surface area is 390 Å². The van der Waals surface area contributed by atoms with Crippen LogP contribution in [0.2, 0.25) is 0 Å². The predicted molar refractivity (Wildman–Crippen MR) is 277 cm³/mol. The molecule has 3 nitrogen and oxygen atoms in total. The average Bonchev–Trinajstić information content (AvgIpc) is 4.07. The van der Waals surface area contributed by atoms with E-state index in [1.54, 1.807) is 0 Å². The van der Waals surface area contributed by atoms with E-state index in [1.807, 2.05) is 0 Å². The second kappa shape index (κ2) is 14.1. The molecule has 0 aliphatic heterocycles. The molecule has 67 heavy (non-hydrogen) atoms. The largest absolute Gasteiger partial charge is 0.456 e. The first-order valence-electron chi connectivity index (χ1n) is 23.3. The van der Waals surface area contributed by atoms with Gasteiger partial charge in [-0.05, 0) is 146 Å². The van der Waals surface area contributed by atoms with Crippen LogP contribution >= 0.6 is 0 Å². The molecule has 10 aromatic carbocycles. The molecule has 0 radical (unpaired) electrons. The van der Waals surface area contributed by atoms with Gasteiger partial charge in [0.1, 0.15) is 11.2 Å². The van der Waals surface area contributed by atoms with Crippen molar-refractivity contribution in [2.24, 2.45) is 0 Å². The predicted octanol–water partition coefficient (Wildman–Crippen LogP) is 17.2. The van der Waals surface area contributed by atoms with Gasteiger partial charge >= 0.3 is 0 Å². The highest BCUT2D eigenvalue weighted by atomic mass is 16.3. The second-order valence-electron chi connectivity index (χ2n) is 18.8. The van der Waals surface area contributed by atoms with Crippen LogP contribution in [0.25, 0.3) is 55.3 Å². The molecular formula is C64H44N2O. The van der Waals surface area contributed by atoms with Crippen LogP contribution in [0.3, 0.4) is 0 Å². The van der Waals surface area contributed by atoms with Crippen LogP contribution in [0, 0.1) is 0 Å². The fraction of sp³-hybridized carbons (Fsp3) is 0.0625. The lowest BCUT2D eigenvalue weighted by atomic mass is 9.70. The molecule has 1 unspecified atom stereocenters. The Bertz CT molecular complexity index is 3760. The zero-order valence-corrected chi connectivity index (χ0v) is 37.2. The SMILES string of the molecule is CC1(C)c2ccccc2-c2ccc(N(c3ccc4c(c3)C3(c5ccccc5-c5ccc(N(c6ccccc6)c6ccccc6)cc53)c3ccccc3-4)c3cccc4oc5ccccc5c34)cc21. The fourth-order valence-corrected chi connectivity index (χ4v) is 12.2. The number of anilines is 6. The maximum absolute atomic E-state index is 6.60. The van der Waals surface area contributed by atoms with E-state index in [9.17, 15) is 0 Å². The van der Waals surface area contributed by atoms with Crippen LogP contribution in [0.15, 0.2) is 235 Å². The highest BCUT2D eigenvalue weighted by molar-refractivity contribution is 6.13. The molecule has 1 aromatic heterocycles. The third kappa shape index (κ3) is 5.23. The summed E-state index contributed by atoms with van der Waals surface area (Å²) < 4.78 is 6.60. The molecule has 0 N–H and O–H groups in total. The summed E-state index contributed by atoms with van der Waals surface area (Å²) in [4.78, 5) is 4.88. The Hall–Kier alpha value is -8.40. The van der Waals surface area contributed by atoms with E-state index < -0.39 is 5.41 Å². The van der Waals surface area contributed by atoms with E-state index in [0.29, 0.717) is 0 Å². The quantitative estimate of drug-likeness (QED) is 0.166. The maximum Gasteiger partial charge on any atom is 0.137 e. The van der Waals surface area contributed by atoms with Crippen molar-refractivity contribution >= 4 is 56.1 Å². The number of nitrogens with zero attached hydrogens (tertiary/aromatic N) is 2. The third-order valence-electron chi connectivity index (χ3n) is 15.0. The number of benzene rings is 10. The normalized spacial score (nSPS) is 15.5. The van der Waals surface area contributed by atoms with E-state index in [0.717, 1.165) is 56.1 Å². The second-order valence-corrected chi connectivity index (χ2v) is 18.8. The van der Waals surface area contributed by atoms with Gasteiger partial charge in [0.2, 0.25) is 0 Å². The molecule has 3 aliphatic rings. The van der Waals surface area contributed by atoms with Crippen molar-refractivity contribution < 1.29 is 4.42 Å². The number of furan rings is 1. The molecule has 0 fully saturated rings. The number of hydrogen-bond donors (Lipinski definition) is 0. The Morgan fingerprint density at radius 3 is 1.34 bits per heavy atom. The van der Waals surface area contributed by atoms with Crippen molar-refractivity contribution in [1.29, 1.82) is 0 Å². The lowest BCUT2D eigenvalue weighted by Crippen LogP contribution is -2.26. The molecule has 0 amide bonds. The van der Waals surface area contributed by atoms with Gasteiger partial charge in [-0.3, -0.25) is 0 Å². The Morgan fingerprint density at radius 1 is 0.313 bits per heavy atom. The van der Waals surface area contributed by atoms with Crippen LogP contribution in [0.5, 0.6) is 0 Å².